The van der Waals surface area contributed by atoms with Crippen molar-refractivity contribution < 1.29 is 14.3 Å². The number of esters is 1. The number of carbonyl (C=O) groups excluding carboxylic acids is 1. The molecule has 4 nitrogen and oxygen atoms in total. The maximum Gasteiger partial charge on any atom is 0.315 e. The highest BCUT2D eigenvalue weighted by Gasteiger charge is 2.41. The zero-order valence-electron chi connectivity index (χ0n) is 12.8. The molecular weight excluding hydrogens is 286 g/mol. The average Bonchev–Trinajstić information content (AvgIpc) is 3.08. The molecule has 3 rings (SSSR count). The van der Waals surface area contributed by atoms with Gasteiger partial charge in [0.15, 0.2) is 0 Å². The Morgan fingerprint density at radius 2 is 2.14 bits per heavy atom. The van der Waals surface area contributed by atoms with Crippen molar-refractivity contribution in [3.63, 3.8) is 0 Å². The van der Waals surface area contributed by atoms with Crippen LogP contribution in [0.3, 0.4) is 0 Å². The minimum atomic E-state index is -0.216. The van der Waals surface area contributed by atoms with Crippen LogP contribution in [0.4, 0.5) is 0 Å². The Morgan fingerprint density at radius 1 is 1.38 bits per heavy atom. The summed E-state index contributed by atoms with van der Waals surface area (Å²) in [7, 11) is 1.79. The van der Waals surface area contributed by atoms with Gasteiger partial charge in [0.05, 0.1) is 12.3 Å². The molecule has 2 aliphatic carbocycles. The molecular formula is C16H23NO3S. The molecule has 1 unspecified atom stereocenters. The van der Waals surface area contributed by atoms with E-state index in [9.17, 15) is 4.79 Å². The third-order valence-electron chi connectivity index (χ3n) is 4.73. The van der Waals surface area contributed by atoms with E-state index in [0.29, 0.717) is 6.61 Å². The number of nitrogens with zero attached hydrogens (tertiary/aromatic N) is 1. The summed E-state index contributed by atoms with van der Waals surface area (Å²) in [6.45, 7) is 2.28. The first-order valence-corrected chi connectivity index (χ1v) is 8.73. The second-order valence-electron chi connectivity index (χ2n) is 5.93. The van der Waals surface area contributed by atoms with Gasteiger partial charge in [-0.15, -0.1) is 11.3 Å². The standard InChI is InChI=1S/C16H23NO3S/c1-3-20-14(18)11-7-8-12-13(11)17-15(21-12)16(19-2)9-5-4-6-10-16/h11H,3-10H2,1-2H3. The molecule has 0 N–H and O–H groups in total. The number of methoxy groups -OCH3 is 1. The first kappa shape index (κ1) is 15.0. The third kappa shape index (κ3) is 2.61. The molecule has 0 bridgehead atoms. The van der Waals surface area contributed by atoms with Crippen LogP contribution in [0.1, 0.15) is 66.9 Å². The lowest BCUT2D eigenvalue weighted by molar-refractivity contribution is -0.145. The Balaban J connectivity index is 1.87. The molecule has 1 saturated carbocycles. The molecule has 0 saturated heterocycles. The number of hydrogen-bond acceptors (Lipinski definition) is 5. The first-order valence-electron chi connectivity index (χ1n) is 7.92. The van der Waals surface area contributed by atoms with Crippen molar-refractivity contribution in [2.75, 3.05) is 13.7 Å². The van der Waals surface area contributed by atoms with Crippen LogP contribution < -0.4 is 0 Å². The SMILES string of the molecule is CCOC(=O)C1CCc2sc(C3(OC)CCCCC3)nc21. The van der Waals surface area contributed by atoms with E-state index in [1.807, 2.05) is 6.92 Å². The fraction of sp³-hybridized carbons (Fsp3) is 0.750. The fourth-order valence-corrected chi connectivity index (χ4v) is 4.89. The predicted octanol–water partition coefficient (Wildman–Crippen LogP) is 3.54. The van der Waals surface area contributed by atoms with Gasteiger partial charge in [0.1, 0.15) is 16.5 Å². The van der Waals surface area contributed by atoms with E-state index < -0.39 is 0 Å². The lowest BCUT2D eigenvalue weighted by atomic mass is 9.85. The van der Waals surface area contributed by atoms with Crippen molar-refractivity contribution in [2.45, 2.75) is 63.4 Å². The monoisotopic (exact) mass is 309 g/mol. The van der Waals surface area contributed by atoms with Crippen molar-refractivity contribution in [2.24, 2.45) is 0 Å². The van der Waals surface area contributed by atoms with Crippen LogP contribution in [0.15, 0.2) is 0 Å². The molecule has 5 heteroatoms. The normalized spacial score (nSPS) is 23.8. The highest BCUT2D eigenvalue weighted by Crippen LogP contribution is 2.46. The second kappa shape index (κ2) is 6.05. The van der Waals surface area contributed by atoms with E-state index in [1.165, 1.54) is 24.1 Å². The number of carbonyl (C=O) groups is 1. The van der Waals surface area contributed by atoms with E-state index in [4.69, 9.17) is 14.5 Å². The Bertz CT molecular complexity index is 520. The van der Waals surface area contributed by atoms with Crippen LogP contribution >= 0.6 is 11.3 Å². The van der Waals surface area contributed by atoms with Gasteiger partial charge in [-0.25, -0.2) is 4.98 Å². The average molecular weight is 309 g/mol. The topological polar surface area (TPSA) is 48.4 Å². The zero-order valence-corrected chi connectivity index (χ0v) is 13.6. The number of hydrogen-bond donors (Lipinski definition) is 0. The summed E-state index contributed by atoms with van der Waals surface area (Å²) in [6.07, 6.45) is 7.53. The summed E-state index contributed by atoms with van der Waals surface area (Å²) in [5.74, 6) is -0.286. The van der Waals surface area contributed by atoms with Crippen LogP contribution in [0.2, 0.25) is 0 Å². The minimum Gasteiger partial charge on any atom is -0.465 e. The van der Waals surface area contributed by atoms with Crippen molar-refractivity contribution in [1.82, 2.24) is 4.98 Å². The Morgan fingerprint density at radius 3 is 2.81 bits per heavy atom. The number of aryl methyl sites for hydroxylation is 1. The zero-order chi connectivity index (χ0) is 14.9. The maximum atomic E-state index is 12.1. The van der Waals surface area contributed by atoms with Crippen LogP contribution in [-0.2, 0) is 26.3 Å². The number of rotatable bonds is 4. The quantitative estimate of drug-likeness (QED) is 0.798. The lowest BCUT2D eigenvalue weighted by Crippen LogP contribution is -2.31. The van der Waals surface area contributed by atoms with Crippen molar-refractivity contribution in [1.29, 1.82) is 0 Å². The third-order valence-corrected chi connectivity index (χ3v) is 6.05. The van der Waals surface area contributed by atoms with Crippen molar-refractivity contribution in [3.05, 3.63) is 15.6 Å². The van der Waals surface area contributed by atoms with Gasteiger partial charge in [0.25, 0.3) is 0 Å². The van der Waals surface area contributed by atoms with Gasteiger partial charge in [-0.05, 0) is 32.6 Å². The molecule has 1 aromatic heterocycles. The molecule has 0 aromatic carbocycles. The Hall–Kier alpha value is -0.940. The molecule has 116 valence electrons. The molecule has 0 amide bonds. The molecule has 2 aliphatic rings. The molecule has 1 aromatic rings. The fourth-order valence-electron chi connectivity index (χ4n) is 3.52. The van der Waals surface area contributed by atoms with Gasteiger partial charge in [-0.3, -0.25) is 4.79 Å². The number of ether oxygens (including phenoxy) is 2. The second-order valence-corrected chi connectivity index (χ2v) is 7.01. The van der Waals surface area contributed by atoms with Crippen molar-refractivity contribution in [3.8, 4) is 0 Å². The largest absolute Gasteiger partial charge is 0.465 e. The summed E-state index contributed by atoms with van der Waals surface area (Å²) in [5, 5.41) is 1.07. The summed E-state index contributed by atoms with van der Waals surface area (Å²) in [4.78, 5) is 18.1. The summed E-state index contributed by atoms with van der Waals surface area (Å²) < 4.78 is 11.1. The van der Waals surface area contributed by atoms with Crippen molar-refractivity contribution >= 4 is 17.3 Å². The van der Waals surface area contributed by atoms with E-state index in [1.54, 1.807) is 18.4 Å². The molecule has 0 aliphatic heterocycles. The molecule has 21 heavy (non-hydrogen) atoms. The first-order chi connectivity index (χ1) is 10.2. The van der Waals surface area contributed by atoms with E-state index in [-0.39, 0.29) is 17.5 Å². The van der Waals surface area contributed by atoms with Crippen LogP contribution in [0.25, 0.3) is 0 Å². The molecule has 1 heterocycles. The summed E-state index contributed by atoms with van der Waals surface area (Å²) >= 11 is 1.75. The Labute approximate surface area is 129 Å². The summed E-state index contributed by atoms with van der Waals surface area (Å²) in [6, 6.07) is 0. The van der Waals surface area contributed by atoms with Gasteiger partial charge < -0.3 is 9.47 Å². The minimum absolute atomic E-state index is 0.122. The highest BCUT2D eigenvalue weighted by molar-refractivity contribution is 7.12. The Kier molecular flexibility index (Phi) is 4.31. The number of thiazole rings is 1. The van der Waals surface area contributed by atoms with Crippen LogP contribution in [-0.4, -0.2) is 24.7 Å². The van der Waals surface area contributed by atoms with Gasteiger partial charge in [0.2, 0.25) is 0 Å². The van der Waals surface area contributed by atoms with E-state index >= 15 is 0 Å². The van der Waals surface area contributed by atoms with Gasteiger partial charge >= 0.3 is 5.97 Å². The molecule has 0 radical (unpaired) electrons. The van der Waals surface area contributed by atoms with Gasteiger partial charge in [0, 0.05) is 12.0 Å². The van der Waals surface area contributed by atoms with E-state index in [2.05, 4.69) is 0 Å². The predicted molar refractivity (Wildman–Crippen MR) is 81.6 cm³/mol. The molecule has 0 spiro atoms. The lowest BCUT2D eigenvalue weighted by Gasteiger charge is -2.34. The van der Waals surface area contributed by atoms with E-state index in [0.717, 1.165) is 36.4 Å². The molecule has 1 fully saturated rings. The van der Waals surface area contributed by atoms with Crippen LogP contribution in [0, 0.1) is 0 Å². The van der Waals surface area contributed by atoms with Gasteiger partial charge in [-0.2, -0.15) is 0 Å². The highest BCUT2D eigenvalue weighted by atomic mass is 32.1. The molecule has 1 atom stereocenters. The summed E-state index contributed by atoms with van der Waals surface area (Å²) in [5.41, 5.74) is 0.738. The smallest absolute Gasteiger partial charge is 0.315 e. The number of aromatic nitrogens is 1. The maximum absolute atomic E-state index is 12.1. The number of fused-ring (bicyclic) bond motifs is 1. The van der Waals surface area contributed by atoms with Gasteiger partial charge in [-0.1, -0.05) is 19.3 Å². The van der Waals surface area contributed by atoms with Crippen LogP contribution in [0.5, 0.6) is 0 Å².